The summed E-state index contributed by atoms with van der Waals surface area (Å²) in [4.78, 5) is 5.19. The van der Waals surface area contributed by atoms with Crippen LogP contribution in [0.2, 0.25) is 0 Å². The van der Waals surface area contributed by atoms with E-state index < -0.39 is 0 Å². The van der Waals surface area contributed by atoms with Crippen LogP contribution >= 0.6 is 0 Å². The highest BCUT2D eigenvalue weighted by Gasteiger charge is 2.30. The van der Waals surface area contributed by atoms with Gasteiger partial charge in [0.2, 0.25) is 0 Å². The predicted molar refractivity (Wildman–Crippen MR) is 89.5 cm³/mol. The van der Waals surface area contributed by atoms with Crippen LogP contribution in [0.25, 0.3) is 0 Å². The molecule has 0 bridgehead atoms. The maximum Gasteiger partial charge on any atom is 0.0580 e. The molecular weight excluding hydrogens is 260 g/mol. The minimum absolute atomic E-state index is 0.0493. The summed E-state index contributed by atoms with van der Waals surface area (Å²) in [7, 11) is 0. The van der Waals surface area contributed by atoms with Crippen LogP contribution in [-0.2, 0) is 0 Å². The first-order valence-corrected chi connectivity index (χ1v) is 9.21. The highest BCUT2D eigenvalue weighted by atomic mass is 16.3. The average molecular weight is 296 g/mol. The lowest BCUT2D eigenvalue weighted by atomic mass is 9.77. The summed E-state index contributed by atoms with van der Waals surface area (Å²) in [5, 5.41) is 10.3. The van der Waals surface area contributed by atoms with Gasteiger partial charge in [-0.15, -0.1) is 0 Å². The molecule has 1 saturated heterocycles. The summed E-state index contributed by atoms with van der Waals surface area (Å²) < 4.78 is 0. The molecule has 3 heteroatoms. The van der Waals surface area contributed by atoms with Crippen LogP contribution in [0.3, 0.4) is 0 Å². The lowest BCUT2D eigenvalue weighted by Gasteiger charge is -2.40. The Kier molecular flexibility index (Phi) is 6.97. The molecule has 2 rings (SSSR count). The van der Waals surface area contributed by atoms with Crippen molar-refractivity contribution in [1.29, 1.82) is 0 Å². The largest absolute Gasteiger partial charge is 0.393 e. The standard InChI is InChI=1S/C18H36N2O/c1-4-5-16-6-7-18(21)17(12-16)14-20-10-8-19(9-11-20)13-15(2)3/h15-18,21H,4-14H2,1-3H3. The second-order valence-corrected chi connectivity index (χ2v) is 7.79. The zero-order valence-electron chi connectivity index (χ0n) is 14.4. The zero-order valence-corrected chi connectivity index (χ0v) is 14.4. The Morgan fingerprint density at radius 2 is 1.71 bits per heavy atom. The van der Waals surface area contributed by atoms with Gasteiger partial charge in [-0.05, 0) is 37.0 Å². The maximum absolute atomic E-state index is 10.3. The SMILES string of the molecule is CCCC1CCC(O)C(CN2CCN(CC(C)C)CC2)C1. The molecule has 21 heavy (non-hydrogen) atoms. The molecule has 0 radical (unpaired) electrons. The maximum atomic E-state index is 10.3. The molecule has 1 saturated carbocycles. The van der Waals surface area contributed by atoms with Gasteiger partial charge in [-0.25, -0.2) is 0 Å². The van der Waals surface area contributed by atoms with Crippen molar-refractivity contribution in [2.75, 3.05) is 39.3 Å². The van der Waals surface area contributed by atoms with Crippen LogP contribution in [0.15, 0.2) is 0 Å². The van der Waals surface area contributed by atoms with Crippen molar-refractivity contribution in [3.63, 3.8) is 0 Å². The first-order chi connectivity index (χ1) is 10.1. The van der Waals surface area contributed by atoms with E-state index in [2.05, 4.69) is 30.6 Å². The Morgan fingerprint density at radius 1 is 1.05 bits per heavy atom. The van der Waals surface area contributed by atoms with Crippen LogP contribution < -0.4 is 0 Å². The van der Waals surface area contributed by atoms with Gasteiger partial charge in [0, 0.05) is 39.3 Å². The molecule has 1 aliphatic carbocycles. The van der Waals surface area contributed by atoms with Gasteiger partial charge < -0.3 is 14.9 Å². The van der Waals surface area contributed by atoms with E-state index in [9.17, 15) is 5.11 Å². The van der Waals surface area contributed by atoms with E-state index in [-0.39, 0.29) is 6.10 Å². The molecule has 2 aliphatic rings. The Hall–Kier alpha value is -0.120. The number of rotatable bonds is 6. The summed E-state index contributed by atoms with van der Waals surface area (Å²) in [5.41, 5.74) is 0. The molecule has 1 heterocycles. The van der Waals surface area contributed by atoms with E-state index in [1.54, 1.807) is 0 Å². The monoisotopic (exact) mass is 296 g/mol. The average Bonchev–Trinajstić information content (AvgIpc) is 2.44. The fraction of sp³-hybridized carbons (Fsp3) is 1.00. The van der Waals surface area contributed by atoms with Crippen molar-refractivity contribution in [1.82, 2.24) is 9.80 Å². The molecule has 0 amide bonds. The molecule has 0 aromatic carbocycles. The summed E-state index contributed by atoms with van der Waals surface area (Å²) in [6.07, 6.45) is 6.12. The van der Waals surface area contributed by atoms with E-state index in [0.717, 1.165) is 24.8 Å². The smallest absolute Gasteiger partial charge is 0.0580 e. The van der Waals surface area contributed by atoms with Gasteiger partial charge >= 0.3 is 0 Å². The Bertz CT molecular complexity index is 287. The molecule has 3 atom stereocenters. The predicted octanol–water partition coefficient (Wildman–Crippen LogP) is 2.84. The Balaban J connectivity index is 1.74. The summed E-state index contributed by atoms with van der Waals surface area (Å²) in [6.45, 7) is 14.0. The van der Waals surface area contributed by atoms with Crippen LogP contribution in [0, 0.1) is 17.8 Å². The lowest BCUT2D eigenvalue weighted by Crippen LogP contribution is -2.50. The van der Waals surface area contributed by atoms with Crippen molar-refractivity contribution in [2.24, 2.45) is 17.8 Å². The third-order valence-electron chi connectivity index (χ3n) is 5.33. The molecule has 0 spiro atoms. The first kappa shape index (κ1) is 17.2. The molecule has 0 aromatic heterocycles. The van der Waals surface area contributed by atoms with Gasteiger partial charge in [0.05, 0.1) is 6.10 Å². The van der Waals surface area contributed by atoms with Crippen LogP contribution in [0.5, 0.6) is 0 Å². The lowest BCUT2D eigenvalue weighted by molar-refractivity contribution is 0.0146. The van der Waals surface area contributed by atoms with Crippen LogP contribution in [0.4, 0.5) is 0 Å². The number of hydrogen-bond acceptors (Lipinski definition) is 3. The van der Waals surface area contributed by atoms with Gasteiger partial charge in [0.25, 0.3) is 0 Å². The van der Waals surface area contributed by atoms with Crippen LogP contribution in [-0.4, -0.2) is 60.3 Å². The molecule has 0 aromatic rings. The van der Waals surface area contributed by atoms with Crippen molar-refractivity contribution < 1.29 is 5.11 Å². The van der Waals surface area contributed by atoms with Crippen molar-refractivity contribution in [3.8, 4) is 0 Å². The molecule has 124 valence electrons. The molecule has 3 nitrogen and oxygen atoms in total. The van der Waals surface area contributed by atoms with Gasteiger partial charge in [-0.3, -0.25) is 0 Å². The minimum atomic E-state index is -0.0493. The van der Waals surface area contributed by atoms with E-state index >= 15 is 0 Å². The summed E-state index contributed by atoms with van der Waals surface area (Å²) >= 11 is 0. The number of piperazine rings is 1. The van der Waals surface area contributed by atoms with Gasteiger partial charge in [0.1, 0.15) is 0 Å². The molecule has 1 aliphatic heterocycles. The number of nitrogens with zero attached hydrogens (tertiary/aromatic N) is 2. The second-order valence-electron chi connectivity index (χ2n) is 7.79. The third-order valence-corrected chi connectivity index (χ3v) is 5.33. The molecule has 3 unspecified atom stereocenters. The summed E-state index contributed by atoms with van der Waals surface area (Å²) in [5.74, 6) is 2.16. The third kappa shape index (κ3) is 5.54. The van der Waals surface area contributed by atoms with Crippen LogP contribution in [0.1, 0.15) is 52.9 Å². The Labute approximate surface area is 131 Å². The van der Waals surface area contributed by atoms with Gasteiger partial charge in [-0.1, -0.05) is 33.6 Å². The van der Waals surface area contributed by atoms with E-state index in [1.165, 1.54) is 58.4 Å². The van der Waals surface area contributed by atoms with E-state index in [4.69, 9.17) is 0 Å². The zero-order chi connectivity index (χ0) is 15.2. The number of aliphatic hydroxyl groups excluding tert-OH is 1. The van der Waals surface area contributed by atoms with Crippen molar-refractivity contribution >= 4 is 0 Å². The quantitative estimate of drug-likeness (QED) is 0.816. The number of aliphatic hydroxyl groups is 1. The highest BCUT2D eigenvalue weighted by Crippen LogP contribution is 2.32. The van der Waals surface area contributed by atoms with Crippen molar-refractivity contribution in [2.45, 2.75) is 59.0 Å². The Morgan fingerprint density at radius 3 is 2.33 bits per heavy atom. The van der Waals surface area contributed by atoms with Gasteiger partial charge in [0.15, 0.2) is 0 Å². The summed E-state index contributed by atoms with van der Waals surface area (Å²) in [6, 6.07) is 0. The normalized spacial score (nSPS) is 32.7. The van der Waals surface area contributed by atoms with E-state index in [0.29, 0.717) is 5.92 Å². The minimum Gasteiger partial charge on any atom is -0.393 e. The fourth-order valence-electron chi connectivity index (χ4n) is 4.21. The second kappa shape index (κ2) is 8.50. The van der Waals surface area contributed by atoms with Gasteiger partial charge in [-0.2, -0.15) is 0 Å². The highest BCUT2D eigenvalue weighted by molar-refractivity contribution is 4.83. The molecule has 1 N–H and O–H groups in total. The fourth-order valence-corrected chi connectivity index (χ4v) is 4.21. The molecule has 2 fully saturated rings. The van der Waals surface area contributed by atoms with Crippen molar-refractivity contribution in [3.05, 3.63) is 0 Å². The first-order valence-electron chi connectivity index (χ1n) is 9.21. The molecular formula is C18H36N2O. The van der Waals surface area contributed by atoms with E-state index in [1.807, 2.05) is 0 Å². The topological polar surface area (TPSA) is 26.7 Å². The number of hydrogen-bond donors (Lipinski definition) is 1.